The Bertz CT molecular complexity index is 1000. The molecule has 2 aromatic heterocycles. The number of piperidine rings is 1. The summed E-state index contributed by atoms with van der Waals surface area (Å²) in [4.78, 5) is 25.9. The molecule has 0 unspecified atom stereocenters. The van der Waals surface area contributed by atoms with Crippen molar-refractivity contribution in [1.29, 1.82) is 0 Å². The first kappa shape index (κ1) is 21.3. The highest BCUT2D eigenvalue weighted by Crippen LogP contribution is 2.27. The molecule has 3 heterocycles. The van der Waals surface area contributed by atoms with Gasteiger partial charge in [0.25, 0.3) is 5.91 Å². The zero-order valence-corrected chi connectivity index (χ0v) is 18.3. The fraction of sp³-hybridized carbons (Fsp3) is 0.292. The summed E-state index contributed by atoms with van der Waals surface area (Å²) in [5.74, 6) is 0.309. The molecule has 4 rings (SSSR count). The summed E-state index contributed by atoms with van der Waals surface area (Å²) in [6.45, 7) is 3.01. The van der Waals surface area contributed by atoms with Crippen LogP contribution in [-0.2, 0) is 6.54 Å². The van der Waals surface area contributed by atoms with E-state index >= 15 is 0 Å². The van der Waals surface area contributed by atoms with Crippen LogP contribution in [0.3, 0.4) is 0 Å². The zero-order valence-electron chi connectivity index (χ0n) is 17.5. The number of likely N-dealkylation sites (tertiary alicyclic amines) is 1. The van der Waals surface area contributed by atoms with Crippen molar-refractivity contribution in [1.82, 2.24) is 14.9 Å². The molecule has 6 nitrogen and oxygen atoms in total. The van der Waals surface area contributed by atoms with E-state index in [1.165, 1.54) is 11.8 Å². The second-order valence-corrected chi connectivity index (χ2v) is 8.24. The molecule has 0 bridgehead atoms. The molecular weight excluding hydrogens is 410 g/mol. The lowest BCUT2D eigenvalue weighted by atomic mass is 10.0. The number of nitrogens with one attached hydrogen (secondary N) is 1. The lowest BCUT2D eigenvalue weighted by molar-refractivity contribution is 0.102. The van der Waals surface area contributed by atoms with Gasteiger partial charge in [0, 0.05) is 57.0 Å². The summed E-state index contributed by atoms with van der Waals surface area (Å²) < 4.78 is 0. The number of aromatic nitrogens is 2. The first-order valence-electron chi connectivity index (χ1n) is 10.5. The number of benzene rings is 1. The minimum atomic E-state index is -0.174. The molecule has 3 aromatic rings. The van der Waals surface area contributed by atoms with Gasteiger partial charge in [-0.05, 0) is 54.8 Å². The minimum absolute atomic E-state index is 0.174. The minimum Gasteiger partial charge on any atom is -0.371 e. The summed E-state index contributed by atoms with van der Waals surface area (Å²) in [6.07, 6.45) is 7.32. The molecule has 0 aliphatic carbocycles. The number of anilines is 2. The molecule has 0 spiro atoms. The molecule has 0 saturated carbocycles. The van der Waals surface area contributed by atoms with E-state index in [2.05, 4.69) is 44.3 Å². The van der Waals surface area contributed by atoms with Crippen molar-refractivity contribution in [3.8, 4) is 0 Å². The largest absolute Gasteiger partial charge is 0.371 e. The number of carbonyl (C=O) groups excluding carboxylic acids is 1. The van der Waals surface area contributed by atoms with Crippen LogP contribution in [0.5, 0.6) is 0 Å². The van der Waals surface area contributed by atoms with Crippen LogP contribution in [0.4, 0.5) is 11.5 Å². The molecular formula is C24H26ClN5O. The van der Waals surface area contributed by atoms with Crippen molar-refractivity contribution in [2.24, 2.45) is 0 Å². The Morgan fingerprint density at radius 3 is 2.58 bits per heavy atom. The number of pyridine rings is 2. The Morgan fingerprint density at radius 2 is 1.87 bits per heavy atom. The lowest BCUT2D eigenvalue weighted by Gasteiger charge is -2.38. The summed E-state index contributed by atoms with van der Waals surface area (Å²) >= 11 is 5.89. The molecule has 1 aromatic carbocycles. The lowest BCUT2D eigenvalue weighted by Crippen LogP contribution is -2.43. The Hall–Kier alpha value is -2.96. The van der Waals surface area contributed by atoms with E-state index in [4.69, 9.17) is 11.6 Å². The molecule has 1 aliphatic rings. The van der Waals surface area contributed by atoms with Crippen molar-refractivity contribution < 1.29 is 4.79 Å². The summed E-state index contributed by atoms with van der Waals surface area (Å²) in [6, 6.07) is 15.7. The monoisotopic (exact) mass is 435 g/mol. The molecule has 1 aliphatic heterocycles. The predicted molar refractivity (Wildman–Crippen MR) is 125 cm³/mol. The van der Waals surface area contributed by atoms with Crippen LogP contribution in [0.25, 0.3) is 0 Å². The van der Waals surface area contributed by atoms with Gasteiger partial charge in [0.05, 0.1) is 10.6 Å². The van der Waals surface area contributed by atoms with Gasteiger partial charge in [0.15, 0.2) is 0 Å². The predicted octanol–water partition coefficient (Wildman–Crippen LogP) is 4.48. The number of para-hydroxylation sites is 1. The fourth-order valence-electron chi connectivity index (χ4n) is 4.01. The molecule has 160 valence electrons. The van der Waals surface area contributed by atoms with E-state index in [0.717, 1.165) is 38.2 Å². The number of amides is 1. The van der Waals surface area contributed by atoms with E-state index in [9.17, 15) is 4.79 Å². The van der Waals surface area contributed by atoms with Gasteiger partial charge in [0.2, 0.25) is 0 Å². The molecule has 7 heteroatoms. The number of halogens is 1. The van der Waals surface area contributed by atoms with Crippen LogP contribution in [0.2, 0.25) is 5.02 Å². The van der Waals surface area contributed by atoms with Gasteiger partial charge in [-0.1, -0.05) is 23.7 Å². The third kappa shape index (κ3) is 5.40. The topological polar surface area (TPSA) is 61.4 Å². The highest BCUT2D eigenvalue weighted by molar-refractivity contribution is 6.30. The average molecular weight is 436 g/mol. The van der Waals surface area contributed by atoms with Crippen LogP contribution < -0.4 is 10.2 Å². The number of hydrogen-bond donors (Lipinski definition) is 1. The Kier molecular flexibility index (Phi) is 6.79. The molecule has 1 amide bonds. The van der Waals surface area contributed by atoms with Crippen molar-refractivity contribution in [3.63, 3.8) is 0 Å². The number of rotatable bonds is 6. The van der Waals surface area contributed by atoms with Crippen LogP contribution in [0.1, 0.15) is 28.8 Å². The third-order valence-corrected chi connectivity index (χ3v) is 5.98. The molecule has 1 saturated heterocycles. The maximum absolute atomic E-state index is 12.9. The number of nitrogens with zero attached hydrogens (tertiary/aromatic N) is 4. The Morgan fingerprint density at radius 1 is 1.13 bits per heavy atom. The van der Waals surface area contributed by atoms with Crippen LogP contribution in [-0.4, -0.2) is 47.0 Å². The maximum atomic E-state index is 12.9. The summed E-state index contributed by atoms with van der Waals surface area (Å²) in [7, 11) is 2.08. The average Bonchev–Trinajstić information content (AvgIpc) is 2.81. The quantitative estimate of drug-likeness (QED) is 0.618. The van der Waals surface area contributed by atoms with Gasteiger partial charge in [-0.15, -0.1) is 0 Å². The maximum Gasteiger partial charge on any atom is 0.258 e. The van der Waals surface area contributed by atoms with E-state index in [0.29, 0.717) is 22.4 Å². The molecule has 0 radical (unpaired) electrons. The highest BCUT2D eigenvalue weighted by Gasteiger charge is 2.25. The van der Waals surface area contributed by atoms with E-state index in [1.54, 1.807) is 12.1 Å². The van der Waals surface area contributed by atoms with Crippen LogP contribution >= 0.6 is 11.6 Å². The van der Waals surface area contributed by atoms with Gasteiger partial charge in [-0.2, -0.15) is 0 Å². The molecule has 0 atom stereocenters. The third-order valence-electron chi connectivity index (χ3n) is 5.76. The summed E-state index contributed by atoms with van der Waals surface area (Å²) in [5, 5.41) is 3.40. The van der Waals surface area contributed by atoms with Gasteiger partial charge in [-0.25, -0.2) is 4.98 Å². The summed E-state index contributed by atoms with van der Waals surface area (Å²) in [5.41, 5.74) is 2.86. The second-order valence-electron chi connectivity index (χ2n) is 7.81. The fourth-order valence-corrected chi connectivity index (χ4v) is 4.13. The molecule has 1 N–H and O–H groups in total. The Balaban J connectivity index is 1.40. The van der Waals surface area contributed by atoms with E-state index in [1.807, 2.05) is 36.7 Å². The Labute approximate surface area is 187 Å². The first-order valence-corrected chi connectivity index (χ1v) is 10.8. The van der Waals surface area contributed by atoms with Crippen LogP contribution in [0, 0.1) is 0 Å². The normalized spacial score (nSPS) is 14.9. The van der Waals surface area contributed by atoms with E-state index < -0.39 is 0 Å². The van der Waals surface area contributed by atoms with Crippen molar-refractivity contribution in [2.75, 3.05) is 30.4 Å². The van der Waals surface area contributed by atoms with Crippen molar-refractivity contribution >= 4 is 29.0 Å². The number of hydrogen-bond acceptors (Lipinski definition) is 5. The standard InChI is InChI=1S/C24H26ClN5O/c1-29(20-10-14-30(15-11-20)17-18-8-12-26-13-9-18)22-5-3-2-4-21(22)24(31)28-23-7-6-19(25)16-27-23/h2-9,12-13,16,20H,10-11,14-15,17H2,1H3,(H,27,28,31). The van der Waals surface area contributed by atoms with Gasteiger partial charge in [0.1, 0.15) is 5.82 Å². The van der Waals surface area contributed by atoms with Crippen molar-refractivity contribution in [2.45, 2.75) is 25.4 Å². The highest BCUT2D eigenvalue weighted by atomic mass is 35.5. The molecule has 31 heavy (non-hydrogen) atoms. The van der Waals surface area contributed by atoms with Gasteiger partial charge < -0.3 is 10.2 Å². The SMILES string of the molecule is CN(c1ccccc1C(=O)Nc1ccc(Cl)cn1)C1CCN(Cc2ccncc2)CC1. The number of carbonyl (C=O) groups is 1. The van der Waals surface area contributed by atoms with E-state index in [-0.39, 0.29) is 5.91 Å². The first-order chi connectivity index (χ1) is 15.1. The van der Waals surface area contributed by atoms with Gasteiger partial charge >= 0.3 is 0 Å². The second kappa shape index (κ2) is 9.90. The zero-order chi connectivity index (χ0) is 21.6. The smallest absolute Gasteiger partial charge is 0.258 e. The van der Waals surface area contributed by atoms with Crippen molar-refractivity contribution in [3.05, 3.63) is 83.3 Å². The molecule has 1 fully saturated rings. The van der Waals surface area contributed by atoms with Gasteiger partial charge in [-0.3, -0.25) is 14.7 Å². The van der Waals surface area contributed by atoms with Crippen LogP contribution in [0.15, 0.2) is 67.1 Å².